The van der Waals surface area contributed by atoms with Crippen LogP contribution in [-0.4, -0.2) is 48.2 Å². The van der Waals surface area contributed by atoms with Gasteiger partial charge in [-0.05, 0) is 43.2 Å². The number of hydrogen-bond donors (Lipinski definition) is 1. The van der Waals surface area contributed by atoms with Crippen molar-refractivity contribution in [1.82, 2.24) is 14.5 Å². The first-order valence-electron chi connectivity index (χ1n) is 10.7. The van der Waals surface area contributed by atoms with Crippen LogP contribution in [0.4, 0.5) is 5.69 Å². The van der Waals surface area contributed by atoms with Gasteiger partial charge in [-0.1, -0.05) is 24.6 Å². The van der Waals surface area contributed by atoms with Gasteiger partial charge in [-0.25, -0.2) is 4.98 Å². The molecule has 1 N–H and O–H groups in total. The lowest BCUT2D eigenvalue weighted by Crippen LogP contribution is -2.28. The highest BCUT2D eigenvalue weighted by atomic mass is 32.2. The lowest BCUT2D eigenvalue weighted by atomic mass is 10.2. The van der Waals surface area contributed by atoms with E-state index in [1.165, 1.54) is 22.9 Å². The van der Waals surface area contributed by atoms with Gasteiger partial charge in [0.25, 0.3) is 15.6 Å². The Morgan fingerprint density at radius 3 is 2.79 bits per heavy atom. The number of para-hydroxylation sites is 2. The fraction of sp³-hybridized carbons (Fsp3) is 0.304. The van der Waals surface area contributed by atoms with Crippen LogP contribution in [0.1, 0.15) is 25.7 Å². The minimum atomic E-state index is -3.93. The predicted octanol–water partition coefficient (Wildman–Crippen LogP) is 2.63. The topological polar surface area (TPSA) is 114 Å². The minimum absolute atomic E-state index is 0.00280. The molecule has 0 spiro atoms. The van der Waals surface area contributed by atoms with Crippen LogP contribution in [0, 0.1) is 0 Å². The fourth-order valence-electron chi connectivity index (χ4n) is 3.79. The SMILES string of the molecule is CN1CCCCC/C1=N/S(=O)(=O)c1cccc(NC(=O)Cn2c(=O)cnc3ccccc32)c1. The fourth-order valence-corrected chi connectivity index (χ4v) is 4.93. The first-order chi connectivity index (χ1) is 15.8. The van der Waals surface area contributed by atoms with Gasteiger partial charge in [0.05, 0.1) is 22.1 Å². The van der Waals surface area contributed by atoms with E-state index < -0.39 is 21.5 Å². The van der Waals surface area contributed by atoms with Crippen molar-refractivity contribution in [3.05, 3.63) is 65.1 Å². The number of amides is 1. The number of carbonyl (C=O) groups excluding carboxylic acids is 1. The van der Waals surface area contributed by atoms with Crippen LogP contribution < -0.4 is 10.9 Å². The maximum absolute atomic E-state index is 12.9. The van der Waals surface area contributed by atoms with Gasteiger partial charge in [0.2, 0.25) is 5.91 Å². The van der Waals surface area contributed by atoms with Gasteiger partial charge in [0.15, 0.2) is 0 Å². The first kappa shape index (κ1) is 22.7. The average molecular weight is 468 g/mol. The Labute approximate surface area is 191 Å². The third kappa shape index (κ3) is 5.28. The van der Waals surface area contributed by atoms with Gasteiger partial charge in [-0.2, -0.15) is 8.42 Å². The van der Waals surface area contributed by atoms with Crippen LogP contribution in [0.15, 0.2) is 68.8 Å². The molecule has 1 saturated heterocycles. The Hall–Kier alpha value is -3.53. The molecular formula is C23H25N5O4S. The summed E-state index contributed by atoms with van der Waals surface area (Å²) in [6.45, 7) is 0.541. The lowest BCUT2D eigenvalue weighted by molar-refractivity contribution is -0.116. The average Bonchev–Trinajstić information content (AvgIpc) is 2.99. The molecule has 9 nitrogen and oxygen atoms in total. The van der Waals surface area contributed by atoms with Crippen LogP contribution in [0.25, 0.3) is 11.0 Å². The third-order valence-corrected chi connectivity index (χ3v) is 6.83. The molecule has 172 valence electrons. The highest BCUT2D eigenvalue weighted by Crippen LogP contribution is 2.20. The summed E-state index contributed by atoms with van der Waals surface area (Å²) in [6.07, 6.45) is 4.73. The molecule has 1 amide bonds. The van der Waals surface area contributed by atoms with Crippen molar-refractivity contribution >= 4 is 38.5 Å². The molecule has 1 aliphatic rings. The Morgan fingerprint density at radius 2 is 1.94 bits per heavy atom. The maximum Gasteiger partial charge on any atom is 0.284 e. The summed E-state index contributed by atoms with van der Waals surface area (Å²) in [6, 6.07) is 13.0. The van der Waals surface area contributed by atoms with Gasteiger partial charge in [0.1, 0.15) is 12.4 Å². The molecule has 0 atom stereocenters. The predicted molar refractivity (Wildman–Crippen MR) is 127 cm³/mol. The zero-order chi connectivity index (χ0) is 23.4. The molecule has 4 rings (SSSR count). The van der Waals surface area contributed by atoms with Crippen LogP contribution in [0.5, 0.6) is 0 Å². The van der Waals surface area contributed by atoms with E-state index in [-0.39, 0.29) is 11.4 Å². The van der Waals surface area contributed by atoms with Crippen LogP contribution >= 0.6 is 0 Å². The molecule has 0 aliphatic carbocycles. The number of likely N-dealkylation sites (tertiary alicyclic amines) is 1. The highest BCUT2D eigenvalue weighted by molar-refractivity contribution is 7.90. The second-order valence-electron chi connectivity index (χ2n) is 7.96. The number of anilines is 1. The Morgan fingerprint density at radius 1 is 1.12 bits per heavy atom. The summed E-state index contributed by atoms with van der Waals surface area (Å²) in [5, 5.41) is 2.67. The number of rotatable bonds is 5. The van der Waals surface area contributed by atoms with Crippen molar-refractivity contribution in [3.63, 3.8) is 0 Å². The number of sulfonamides is 1. The molecular weight excluding hydrogens is 442 g/mol. The van der Waals surface area contributed by atoms with Crippen LogP contribution in [0.3, 0.4) is 0 Å². The molecule has 2 aromatic carbocycles. The van der Waals surface area contributed by atoms with Crippen molar-refractivity contribution in [2.75, 3.05) is 18.9 Å². The normalized spacial score (nSPS) is 16.0. The summed E-state index contributed by atoms with van der Waals surface area (Å²) >= 11 is 0. The quantitative estimate of drug-likeness (QED) is 0.617. The van der Waals surface area contributed by atoms with E-state index in [9.17, 15) is 18.0 Å². The number of hydrogen-bond acceptors (Lipinski definition) is 5. The van der Waals surface area contributed by atoms with Crippen molar-refractivity contribution in [2.45, 2.75) is 37.1 Å². The first-order valence-corrected chi connectivity index (χ1v) is 12.2. The number of benzene rings is 2. The monoisotopic (exact) mass is 467 g/mol. The number of carbonyl (C=O) groups is 1. The number of nitrogens with zero attached hydrogens (tertiary/aromatic N) is 4. The Balaban J connectivity index is 1.55. The summed E-state index contributed by atoms with van der Waals surface area (Å²) in [5.74, 6) is 0.0868. The molecule has 0 unspecified atom stereocenters. The van der Waals surface area contributed by atoms with Gasteiger partial charge in [-0.3, -0.25) is 14.2 Å². The van der Waals surface area contributed by atoms with E-state index in [1.807, 2.05) is 11.9 Å². The Bertz CT molecular complexity index is 1380. The molecule has 1 aliphatic heterocycles. The number of aromatic nitrogens is 2. The lowest BCUT2D eigenvalue weighted by Gasteiger charge is -2.17. The van der Waals surface area contributed by atoms with Gasteiger partial charge < -0.3 is 10.2 Å². The molecule has 33 heavy (non-hydrogen) atoms. The molecule has 0 bridgehead atoms. The van der Waals surface area contributed by atoms with Gasteiger partial charge >= 0.3 is 0 Å². The zero-order valence-electron chi connectivity index (χ0n) is 18.3. The van der Waals surface area contributed by atoms with E-state index in [0.717, 1.165) is 25.8 Å². The van der Waals surface area contributed by atoms with Crippen molar-refractivity contribution in [2.24, 2.45) is 4.40 Å². The largest absolute Gasteiger partial charge is 0.362 e. The smallest absolute Gasteiger partial charge is 0.284 e. The van der Waals surface area contributed by atoms with E-state index in [1.54, 1.807) is 36.4 Å². The van der Waals surface area contributed by atoms with E-state index >= 15 is 0 Å². The molecule has 3 aromatic rings. The molecule has 0 radical (unpaired) electrons. The second kappa shape index (κ2) is 9.53. The van der Waals surface area contributed by atoms with Crippen molar-refractivity contribution in [3.8, 4) is 0 Å². The minimum Gasteiger partial charge on any atom is -0.362 e. The standard InChI is InChI=1S/C23H25N5O4S/c1-27-13-6-2-3-12-21(27)26-33(31,32)18-9-7-8-17(14-18)25-22(29)16-28-20-11-5-4-10-19(20)24-15-23(28)30/h4-5,7-11,14-15H,2-3,6,12-13,16H2,1H3,(H,25,29)/b26-21-. The molecule has 0 saturated carbocycles. The summed E-state index contributed by atoms with van der Waals surface area (Å²) < 4.78 is 31.2. The molecule has 1 fully saturated rings. The molecule has 10 heteroatoms. The molecule has 2 heterocycles. The highest BCUT2D eigenvalue weighted by Gasteiger charge is 2.19. The Kier molecular flexibility index (Phi) is 6.55. The van der Waals surface area contributed by atoms with Crippen molar-refractivity contribution < 1.29 is 13.2 Å². The number of amidine groups is 1. The zero-order valence-corrected chi connectivity index (χ0v) is 19.1. The maximum atomic E-state index is 12.9. The number of fused-ring (bicyclic) bond motifs is 1. The third-order valence-electron chi connectivity index (χ3n) is 5.53. The van der Waals surface area contributed by atoms with Crippen LogP contribution in [0.2, 0.25) is 0 Å². The second-order valence-corrected chi connectivity index (χ2v) is 9.57. The summed E-state index contributed by atoms with van der Waals surface area (Å²) in [5.41, 5.74) is 1.05. The number of nitrogens with one attached hydrogen (secondary N) is 1. The summed E-state index contributed by atoms with van der Waals surface area (Å²) in [4.78, 5) is 30.9. The van der Waals surface area contributed by atoms with E-state index in [0.29, 0.717) is 29.0 Å². The van der Waals surface area contributed by atoms with Crippen LogP contribution in [-0.2, 0) is 21.4 Å². The van der Waals surface area contributed by atoms with E-state index in [2.05, 4.69) is 14.7 Å². The van der Waals surface area contributed by atoms with Gasteiger partial charge in [-0.15, -0.1) is 4.40 Å². The summed E-state index contributed by atoms with van der Waals surface area (Å²) in [7, 11) is -2.08. The van der Waals surface area contributed by atoms with E-state index in [4.69, 9.17) is 0 Å². The van der Waals surface area contributed by atoms with Crippen molar-refractivity contribution in [1.29, 1.82) is 0 Å². The molecule has 1 aromatic heterocycles. The van der Waals surface area contributed by atoms with Gasteiger partial charge in [0, 0.05) is 25.7 Å².